The minimum atomic E-state index is -0.671. The van der Waals surface area contributed by atoms with Gasteiger partial charge in [-0.15, -0.1) is 11.3 Å². The number of aromatic nitrogens is 1. The van der Waals surface area contributed by atoms with Crippen molar-refractivity contribution < 1.29 is 9.90 Å². The summed E-state index contributed by atoms with van der Waals surface area (Å²) in [7, 11) is 0. The molecule has 1 saturated heterocycles. The summed E-state index contributed by atoms with van der Waals surface area (Å²) in [6, 6.07) is 8.23. The Morgan fingerprint density at radius 3 is 2.95 bits per heavy atom. The highest BCUT2D eigenvalue weighted by Crippen LogP contribution is 2.41. The highest BCUT2D eigenvalue weighted by atomic mass is 32.1. The zero-order chi connectivity index (χ0) is 15.1. The van der Waals surface area contributed by atoms with Crippen LogP contribution in [0.5, 0.6) is 0 Å². The van der Waals surface area contributed by atoms with Crippen LogP contribution >= 0.6 is 11.3 Å². The van der Waals surface area contributed by atoms with Crippen LogP contribution in [0.2, 0.25) is 0 Å². The van der Waals surface area contributed by atoms with Crippen LogP contribution in [0.25, 0.3) is 10.2 Å². The number of hydrogen-bond donors (Lipinski definition) is 1. The van der Waals surface area contributed by atoms with Gasteiger partial charge in [-0.2, -0.15) is 0 Å². The van der Waals surface area contributed by atoms with Gasteiger partial charge >= 0.3 is 5.97 Å². The van der Waals surface area contributed by atoms with E-state index in [-0.39, 0.29) is 6.04 Å². The molecule has 4 nitrogen and oxygen atoms in total. The first-order valence-electron chi connectivity index (χ1n) is 8.05. The van der Waals surface area contributed by atoms with Gasteiger partial charge in [-0.05, 0) is 37.3 Å². The summed E-state index contributed by atoms with van der Waals surface area (Å²) < 4.78 is 1.18. The number of benzene rings is 1. The maximum absolute atomic E-state index is 11.7. The van der Waals surface area contributed by atoms with Gasteiger partial charge in [0.05, 0.1) is 16.8 Å². The molecular weight excluding hydrogens is 296 g/mol. The van der Waals surface area contributed by atoms with Crippen LogP contribution in [-0.4, -0.2) is 33.0 Å². The average molecular weight is 316 g/mol. The van der Waals surface area contributed by atoms with E-state index in [2.05, 4.69) is 11.0 Å². The highest BCUT2D eigenvalue weighted by Gasteiger charge is 2.45. The summed E-state index contributed by atoms with van der Waals surface area (Å²) in [5.74, 6) is -0.111. The van der Waals surface area contributed by atoms with E-state index in [1.165, 1.54) is 24.0 Å². The predicted octanol–water partition coefficient (Wildman–Crippen LogP) is 3.51. The van der Waals surface area contributed by atoms with Gasteiger partial charge in [-0.3, -0.25) is 9.69 Å². The molecule has 0 radical (unpaired) electrons. The minimum Gasteiger partial charge on any atom is -0.480 e. The number of nitrogens with zero attached hydrogens (tertiary/aromatic N) is 2. The third-order valence-corrected chi connectivity index (χ3v) is 6.18. The maximum Gasteiger partial charge on any atom is 0.320 e. The Kier molecular flexibility index (Phi) is 3.62. The number of carboxylic acid groups (broad SMARTS) is 1. The van der Waals surface area contributed by atoms with Crippen molar-refractivity contribution >= 4 is 27.5 Å². The highest BCUT2D eigenvalue weighted by molar-refractivity contribution is 7.18. The number of likely N-dealkylation sites (tertiary alicyclic amines) is 1. The van der Waals surface area contributed by atoms with Crippen molar-refractivity contribution in [2.24, 2.45) is 5.92 Å². The quantitative estimate of drug-likeness (QED) is 0.941. The summed E-state index contributed by atoms with van der Waals surface area (Å²) in [6.07, 6.45) is 5.61. The lowest BCUT2D eigenvalue weighted by atomic mass is 9.85. The number of thiazole rings is 1. The molecule has 22 heavy (non-hydrogen) atoms. The van der Waals surface area contributed by atoms with Crippen LogP contribution in [0.3, 0.4) is 0 Å². The zero-order valence-electron chi connectivity index (χ0n) is 12.4. The van der Waals surface area contributed by atoms with Gasteiger partial charge in [0.1, 0.15) is 11.0 Å². The fraction of sp³-hybridized carbons (Fsp3) is 0.529. The lowest BCUT2D eigenvalue weighted by molar-refractivity contribution is -0.142. The molecule has 0 unspecified atom stereocenters. The van der Waals surface area contributed by atoms with Crippen molar-refractivity contribution in [2.75, 3.05) is 0 Å². The van der Waals surface area contributed by atoms with Gasteiger partial charge in [0.25, 0.3) is 0 Å². The number of fused-ring (bicyclic) bond motifs is 2. The molecular formula is C17H20N2O2S. The molecule has 1 aliphatic heterocycles. The van der Waals surface area contributed by atoms with E-state index < -0.39 is 5.97 Å². The molecule has 1 aromatic carbocycles. The number of aliphatic carboxylic acids is 1. The molecule has 4 rings (SSSR count). The minimum absolute atomic E-state index is 0.333. The summed E-state index contributed by atoms with van der Waals surface area (Å²) >= 11 is 1.69. The Labute approximate surface area is 133 Å². The lowest BCUT2D eigenvalue weighted by Crippen LogP contribution is -2.41. The number of rotatable bonds is 3. The molecule has 0 bridgehead atoms. The molecule has 2 fully saturated rings. The van der Waals surface area contributed by atoms with E-state index in [9.17, 15) is 9.90 Å². The molecule has 3 atom stereocenters. The normalized spacial score (nSPS) is 28.8. The lowest BCUT2D eigenvalue weighted by Gasteiger charge is -2.32. The largest absolute Gasteiger partial charge is 0.480 e. The third kappa shape index (κ3) is 2.42. The number of para-hydroxylation sites is 1. The van der Waals surface area contributed by atoms with Crippen molar-refractivity contribution in [3.8, 4) is 0 Å². The molecule has 2 heterocycles. The first kappa shape index (κ1) is 14.2. The average Bonchev–Trinajstić information content (AvgIpc) is 3.09. The molecule has 0 spiro atoms. The van der Waals surface area contributed by atoms with Gasteiger partial charge in [0.15, 0.2) is 0 Å². The Morgan fingerprint density at radius 2 is 2.14 bits per heavy atom. The first-order chi connectivity index (χ1) is 10.7. The fourth-order valence-corrected chi connectivity index (χ4v) is 5.14. The van der Waals surface area contributed by atoms with Crippen LogP contribution < -0.4 is 0 Å². The Hall–Kier alpha value is -1.46. The van der Waals surface area contributed by atoms with E-state index in [1.807, 2.05) is 18.2 Å². The van der Waals surface area contributed by atoms with Crippen molar-refractivity contribution in [3.05, 3.63) is 29.3 Å². The SMILES string of the molecule is O=C(O)[C@@H]1C[C@H]2CCCC[C@@H]2N1Cc1nc2ccccc2s1. The summed E-state index contributed by atoms with van der Waals surface area (Å²) in [5, 5.41) is 10.6. The Morgan fingerprint density at radius 1 is 1.32 bits per heavy atom. The topological polar surface area (TPSA) is 53.4 Å². The second kappa shape index (κ2) is 5.63. The summed E-state index contributed by atoms with van der Waals surface area (Å²) in [6.45, 7) is 0.678. The molecule has 2 aromatic rings. The second-order valence-electron chi connectivity index (χ2n) is 6.45. The molecule has 1 aromatic heterocycles. The van der Waals surface area contributed by atoms with Crippen molar-refractivity contribution in [3.63, 3.8) is 0 Å². The van der Waals surface area contributed by atoms with Gasteiger partial charge in [0, 0.05) is 6.04 Å². The van der Waals surface area contributed by atoms with E-state index >= 15 is 0 Å². The molecule has 2 aliphatic rings. The van der Waals surface area contributed by atoms with Gasteiger partial charge < -0.3 is 5.11 Å². The van der Waals surface area contributed by atoms with Crippen LogP contribution in [0, 0.1) is 5.92 Å². The first-order valence-corrected chi connectivity index (χ1v) is 8.87. The number of hydrogen-bond acceptors (Lipinski definition) is 4. The summed E-state index contributed by atoms with van der Waals surface area (Å²) in [5.41, 5.74) is 1.02. The van der Waals surface area contributed by atoms with Gasteiger partial charge in [-0.1, -0.05) is 25.0 Å². The summed E-state index contributed by atoms with van der Waals surface area (Å²) in [4.78, 5) is 18.6. The van der Waals surface area contributed by atoms with Gasteiger partial charge in [0.2, 0.25) is 0 Å². The smallest absolute Gasteiger partial charge is 0.320 e. The van der Waals surface area contributed by atoms with Crippen LogP contribution in [0.1, 0.15) is 37.1 Å². The predicted molar refractivity (Wildman–Crippen MR) is 86.9 cm³/mol. The fourth-order valence-electron chi connectivity index (χ4n) is 4.17. The molecule has 116 valence electrons. The molecule has 1 saturated carbocycles. The van der Waals surface area contributed by atoms with Crippen molar-refractivity contribution in [1.29, 1.82) is 0 Å². The van der Waals surface area contributed by atoms with E-state index in [1.54, 1.807) is 11.3 Å². The zero-order valence-corrected chi connectivity index (χ0v) is 13.3. The van der Waals surface area contributed by atoms with E-state index in [0.717, 1.165) is 23.4 Å². The van der Waals surface area contributed by atoms with E-state index in [0.29, 0.717) is 18.5 Å². The van der Waals surface area contributed by atoms with E-state index in [4.69, 9.17) is 4.98 Å². The van der Waals surface area contributed by atoms with Crippen molar-refractivity contribution in [1.82, 2.24) is 9.88 Å². The maximum atomic E-state index is 11.7. The standard InChI is InChI=1S/C17H20N2O2S/c20-17(21)14-9-11-5-1-3-7-13(11)19(14)10-16-18-12-6-2-4-8-15(12)22-16/h2,4,6,8,11,13-14H,1,3,5,7,9-10H2,(H,20,21)/t11-,13+,14+/m1/s1. The molecule has 0 amide bonds. The molecule has 5 heteroatoms. The monoisotopic (exact) mass is 316 g/mol. The molecule has 1 N–H and O–H groups in total. The third-order valence-electron chi connectivity index (χ3n) is 5.16. The van der Waals surface area contributed by atoms with Crippen LogP contribution in [0.4, 0.5) is 0 Å². The number of carbonyl (C=O) groups is 1. The Bertz CT molecular complexity index is 666. The van der Waals surface area contributed by atoms with Crippen LogP contribution in [0.15, 0.2) is 24.3 Å². The van der Waals surface area contributed by atoms with Gasteiger partial charge in [-0.25, -0.2) is 4.98 Å². The number of carboxylic acids is 1. The molecule has 1 aliphatic carbocycles. The Balaban J connectivity index is 1.62. The second-order valence-corrected chi connectivity index (χ2v) is 7.56. The van der Waals surface area contributed by atoms with Crippen molar-refractivity contribution in [2.45, 2.75) is 50.7 Å². The van der Waals surface area contributed by atoms with Crippen LogP contribution in [-0.2, 0) is 11.3 Å².